The van der Waals surface area contributed by atoms with E-state index in [1.807, 2.05) is 26.0 Å². The first-order valence-corrected chi connectivity index (χ1v) is 9.71. The summed E-state index contributed by atoms with van der Waals surface area (Å²) < 4.78 is 16.7. The summed E-state index contributed by atoms with van der Waals surface area (Å²) in [6, 6.07) is 8.45. The molecule has 0 radical (unpaired) electrons. The molecular weight excluding hydrogens is 372 g/mol. The summed E-state index contributed by atoms with van der Waals surface area (Å²) in [5.41, 5.74) is 2.20. The van der Waals surface area contributed by atoms with Crippen LogP contribution in [-0.4, -0.2) is 43.7 Å². The number of carbonyl (C=O) groups is 1. The largest absolute Gasteiger partial charge is 0.468 e. The Bertz CT molecular complexity index is 1060. The van der Waals surface area contributed by atoms with E-state index in [9.17, 15) is 9.59 Å². The van der Waals surface area contributed by atoms with E-state index in [1.54, 1.807) is 18.4 Å². The highest BCUT2D eigenvalue weighted by atomic mass is 16.5. The first-order valence-electron chi connectivity index (χ1n) is 9.71. The molecule has 1 saturated heterocycles. The second-order valence-corrected chi connectivity index (χ2v) is 7.30. The summed E-state index contributed by atoms with van der Waals surface area (Å²) in [6.45, 7) is 7.01. The van der Waals surface area contributed by atoms with Crippen molar-refractivity contribution < 1.29 is 18.4 Å². The minimum absolute atomic E-state index is 0.00549. The average molecular weight is 396 g/mol. The van der Waals surface area contributed by atoms with Gasteiger partial charge in [-0.1, -0.05) is 0 Å². The van der Waals surface area contributed by atoms with E-state index in [4.69, 9.17) is 13.6 Å². The number of carbonyl (C=O) groups excluding carboxylic acids is 1. The lowest BCUT2D eigenvalue weighted by Gasteiger charge is -2.33. The molecule has 3 heterocycles. The zero-order valence-corrected chi connectivity index (χ0v) is 16.6. The summed E-state index contributed by atoms with van der Waals surface area (Å²) in [5.74, 6) is 0.358. The highest BCUT2D eigenvalue weighted by Gasteiger charge is 2.26. The van der Waals surface area contributed by atoms with Gasteiger partial charge in [-0.25, -0.2) is 0 Å². The Morgan fingerprint density at radius 2 is 1.93 bits per heavy atom. The van der Waals surface area contributed by atoms with Crippen LogP contribution >= 0.6 is 0 Å². The topological polar surface area (TPSA) is 84.9 Å². The normalized spacial score (nSPS) is 16.1. The first kappa shape index (κ1) is 19.4. The Balaban J connectivity index is 1.55. The SMILES string of the molecule is Cc1cc2oc(C(=O)NC[C@H](c3ccco3)N3CCOCC3)cc(=O)c2cc1C. The fourth-order valence-electron chi connectivity index (χ4n) is 3.58. The van der Waals surface area contributed by atoms with Crippen molar-refractivity contribution >= 4 is 16.9 Å². The molecule has 1 aliphatic rings. The molecule has 29 heavy (non-hydrogen) atoms. The summed E-state index contributed by atoms with van der Waals surface area (Å²) in [7, 11) is 0. The smallest absolute Gasteiger partial charge is 0.287 e. The molecule has 0 spiro atoms. The van der Waals surface area contributed by atoms with Crippen LogP contribution in [0.2, 0.25) is 0 Å². The van der Waals surface area contributed by atoms with Crippen molar-refractivity contribution in [3.05, 3.63) is 69.5 Å². The minimum Gasteiger partial charge on any atom is -0.468 e. The molecule has 7 nitrogen and oxygen atoms in total. The second-order valence-electron chi connectivity index (χ2n) is 7.30. The van der Waals surface area contributed by atoms with Gasteiger partial charge in [-0.2, -0.15) is 0 Å². The highest BCUT2D eigenvalue weighted by Crippen LogP contribution is 2.22. The van der Waals surface area contributed by atoms with Crippen LogP contribution in [0.15, 0.2) is 50.2 Å². The molecule has 1 atom stereocenters. The number of hydrogen-bond donors (Lipinski definition) is 1. The van der Waals surface area contributed by atoms with Gasteiger partial charge in [0.25, 0.3) is 5.91 Å². The number of rotatable bonds is 5. The standard InChI is InChI=1S/C22H24N2O5/c1-14-10-16-18(25)12-21(29-20(16)11-15(14)2)22(26)23-13-17(19-4-3-7-28-19)24-5-8-27-9-6-24/h3-4,7,10-12,17H,5-6,8-9,13H2,1-2H3,(H,23,26)/t17-/m1/s1. The number of fused-ring (bicyclic) bond motifs is 1. The maximum Gasteiger partial charge on any atom is 0.287 e. The molecule has 4 rings (SSSR count). The molecule has 0 aliphatic carbocycles. The number of amides is 1. The van der Waals surface area contributed by atoms with Gasteiger partial charge >= 0.3 is 0 Å². The van der Waals surface area contributed by atoms with E-state index < -0.39 is 5.91 Å². The van der Waals surface area contributed by atoms with Crippen LogP contribution in [0, 0.1) is 13.8 Å². The van der Waals surface area contributed by atoms with Gasteiger partial charge in [-0.3, -0.25) is 14.5 Å². The number of nitrogens with one attached hydrogen (secondary N) is 1. The number of ether oxygens (including phenoxy) is 1. The Kier molecular flexibility index (Phi) is 5.51. The highest BCUT2D eigenvalue weighted by molar-refractivity contribution is 5.93. The molecule has 1 aromatic carbocycles. The van der Waals surface area contributed by atoms with Crippen LogP contribution < -0.4 is 10.7 Å². The van der Waals surface area contributed by atoms with Crippen LogP contribution in [0.5, 0.6) is 0 Å². The van der Waals surface area contributed by atoms with Crippen LogP contribution in [-0.2, 0) is 4.74 Å². The van der Waals surface area contributed by atoms with E-state index in [0.717, 1.165) is 30.0 Å². The van der Waals surface area contributed by atoms with Crippen molar-refractivity contribution in [2.24, 2.45) is 0 Å². The summed E-state index contributed by atoms with van der Waals surface area (Å²) >= 11 is 0. The molecule has 0 unspecified atom stereocenters. The number of benzene rings is 1. The van der Waals surface area contributed by atoms with Crippen molar-refractivity contribution in [1.82, 2.24) is 10.2 Å². The molecule has 152 valence electrons. The zero-order chi connectivity index (χ0) is 20.4. The predicted octanol–water partition coefficient (Wildman–Crippen LogP) is 2.81. The van der Waals surface area contributed by atoms with Crippen LogP contribution in [0.1, 0.15) is 33.5 Å². The third-order valence-corrected chi connectivity index (χ3v) is 5.38. The monoisotopic (exact) mass is 396 g/mol. The fourth-order valence-corrected chi connectivity index (χ4v) is 3.58. The molecule has 1 fully saturated rings. The van der Waals surface area contributed by atoms with Crippen molar-refractivity contribution in [2.75, 3.05) is 32.8 Å². The van der Waals surface area contributed by atoms with Crippen LogP contribution in [0.25, 0.3) is 11.0 Å². The van der Waals surface area contributed by atoms with E-state index >= 15 is 0 Å². The Morgan fingerprint density at radius 3 is 2.66 bits per heavy atom. The Morgan fingerprint density at radius 1 is 1.17 bits per heavy atom. The number of aryl methyl sites for hydroxylation is 2. The second kappa shape index (κ2) is 8.23. The molecule has 0 saturated carbocycles. The molecule has 0 bridgehead atoms. The fraction of sp³-hybridized carbons (Fsp3) is 0.364. The number of hydrogen-bond acceptors (Lipinski definition) is 6. The zero-order valence-electron chi connectivity index (χ0n) is 16.6. The van der Waals surface area contributed by atoms with Crippen molar-refractivity contribution in [1.29, 1.82) is 0 Å². The van der Waals surface area contributed by atoms with Crippen LogP contribution in [0.3, 0.4) is 0 Å². The molecular formula is C22H24N2O5. The third-order valence-electron chi connectivity index (χ3n) is 5.38. The van der Waals surface area contributed by atoms with Crippen molar-refractivity contribution in [3.8, 4) is 0 Å². The molecule has 3 aromatic rings. The maximum atomic E-state index is 12.7. The lowest BCUT2D eigenvalue weighted by molar-refractivity contribution is 0.0117. The third kappa shape index (κ3) is 4.11. The van der Waals surface area contributed by atoms with Crippen molar-refractivity contribution in [3.63, 3.8) is 0 Å². The number of furan rings is 1. The van der Waals surface area contributed by atoms with Gasteiger partial charge in [0.15, 0.2) is 11.2 Å². The van der Waals surface area contributed by atoms with Gasteiger partial charge < -0.3 is 18.9 Å². The number of morpholine rings is 1. The lowest BCUT2D eigenvalue weighted by atomic mass is 10.1. The quantitative estimate of drug-likeness (QED) is 0.714. The average Bonchev–Trinajstić information content (AvgIpc) is 3.25. The van der Waals surface area contributed by atoms with Gasteiger partial charge in [-0.05, 0) is 49.2 Å². The molecule has 7 heteroatoms. The Labute approximate surface area is 168 Å². The molecule has 1 amide bonds. The minimum atomic E-state index is -0.424. The van der Waals surface area contributed by atoms with E-state index in [2.05, 4.69) is 10.2 Å². The first-order chi connectivity index (χ1) is 14.0. The summed E-state index contributed by atoms with van der Waals surface area (Å²) in [5, 5.41) is 3.37. The molecule has 1 aliphatic heterocycles. The van der Waals surface area contributed by atoms with Crippen LogP contribution in [0.4, 0.5) is 0 Å². The van der Waals surface area contributed by atoms with E-state index in [1.165, 1.54) is 6.07 Å². The summed E-state index contributed by atoms with van der Waals surface area (Å²) in [4.78, 5) is 27.4. The maximum absolute atomic E-state index is 12.7. The van der Waals surface area contributed by atoms with E-state index in [-0.39, 0.29) is 17.2 Å². The molecule has 1 N–H and O–H groups in total. The predicted molar refractivity (Wildman–Crippen MR) is 108 cm³/mol. The molecule has 2 aromatic heterocycles. The lowest BCUT2D eigenvalue weighted by Crippen LogP contribution is -2.43. The van der Waals surface area contributed by atoms with Gasteiger partial charge in [-0.15, -0.1) is 0 Å². The Hall–Kier alpha value is -2.90. The van der Waals surface area contributed by atoms with Gasteiger partial charge in [0.1, 0.15) is 11.3 Å². The number of nitrogens with zero attached hydrogens (tertiary/aromatic N) is 1. The van der Waals surface area contributed by atoms with Gasteiger partial charge in [0.05, 0.1) is 30.9 Å². The van der Waals surface area contributed by atoms with Gasteiger partial charge in [0, 0.05) is 25.7 Å². The summed E-state index contributed by atoms with van der Waals surface area (Å²) in [6.07, 6.45) is 1.62. The van der Waals surface area contributed by atoms with Gasteiger partial charge in [0.2, 0.25) is 0 Å². The van der Waals surface area contributed by atoms with Crippen molar-refractivity contribution in [2.45, 2.75) is 19.9 Å². The van der Waals surface area contributed by atoms with E-state index in [0.29, 0.717) is 30.7 Å².